The molecule has 1 aromatic carbocycles. The Bertz CT molecular complexity index is 828. The smallest absolute Gasteiger partial charge is 0.191 e. The van der Waals surface area contributed by atoms with Crippen LogP contribution in [-0.2, 0) is 6.54 Å². The first-order valence-electron chi connectivity index (χ1n) is 6.10. The van der Waals surface area contributed by atoms with E-state index in [0.717, 1.165) is 11.3 Å². The predicted octanol–water partition coefficient (Wildman–Crippen LogP) is 3.50. The standard InChI is InChI=1S/C14H9Cl2N5/c15-10-4-1-3-9(13(10)16)8-21-6-2-5-12(21)14-11(7-17)18-20-19-14/h1-6H,8H2,(H,18,19,20). The Kier molecular flexibility index (Phi) is 3.65. The Labute approximate surface area is 130 Å². The third kappa shape index (κ3) is 2.51. The van der Waals surface area contributed by atoms with E-state index < -0.39 is 0 Å². The van der Waals surface area contributed by atoms with Crippen molar-refractivity contribution in [3.63, 3.8) is 0 Å². The lowest BCUT2D eigenvalue weighted by molar-refractivity contribution is 0.810. The molecule has 0 saturated carbocycles. The molecule has 0 bridgehead atoms. The summed E-state index contributed by atoms with van der Waals surface area (Å²) in [6.07, 6.45) is 1.89. The van der Waals surface area contributed by atoms with Gasteiger partial charge < -0.3 is 4.57 Å². The van der Waals surface area contributed by atoms with Crippen molar-refractivity contribution in [1.29, 1.82) is 5.26 Å². The molecule has 0 atom stereocenters. The molecule has 0 spiro atoms. The summed E-state index contributed by atoms with van der Waals surface area (Å²) in [6.45, 7) is 0.527. The van der Waals surface area contributed by atoms with Gasteiger partial charge in [-0.3, -0.25) is 0 Å². The Balaban J connectivity index is 2.01. The topological polar surface area (TPSA) is 70.3 Å². The first kappa shape index (κ1) is 13.7. The lowest BCUT2D eigenvalue weighted by atomic mass is 10.2. The highest BCUT2D eigenvalue weighted by molar-refractivity contribution is 6.42. The minimum atomic E-state index is 0.257. The monoisotopic (exact) mass is 317 g/mol. The first-order valence-corrected chi connectivity index (χ1v) is 6.85. The summed E-state index contributed by atoms with van der Waals surface area (Å²) in [4.78, 5) is 0. The second-order valence-electron chi connectivity index (χ2n) is 4.37. The highest BCUT2D eigenvalue weighted by Gasteiger charge is 2.14. The molecule has 0 amide bonds. The van der Waals surface area contributed by atoms with Crippen LogP contribution >= 0.6 is 23.2 Å². The van der Waals surface area contributed by atoms with Gasteiger partial charge in [0.05, 0.1) is 15.7 Å². The Hall–Kier alpha value is -2.29. The largest absolute Gasteiger partial charge is 0.342 e. The summed E-state index contributed by atoms with van der Waals surface area (Å²) < 4.78 is 1.94. The molecule has 2 aromatic heterocycles. The van der Waals surface area contributed by atoms with Crippen LogP contribution in [0.4, 0.5) is 0 Å². The van der Waals surface area contributed by atoms with Crippen molar-refractivity contribution >= 4 is 23.2 Å². The van der Waals surface area contributed by atoms with E-state index in [-0.39, 0.29) is 5.69 Å². The van der Waals surface area contributed by atoms with Crippen LogP contribution in [0.1, 0.15) is 11.3 Å². The SMILES string of the molecule is N#Cc1n[nH]nc1-c1cccn1Cc1cccc(Cl)c1Cl. The summed E-state index contributed by atoms with van der Waals surface area (Å²) in [5.74, 6) is 0. The fourth-order valence-electron chi connectivity index (χ4n) is 2.11. The molecule has 0 fully saturated rings. The van der Waals surface area contributed by atoms with Crippen molar-refractivity contribution in [3.05, 3.63) is 57.8 Å². The number of benzene rings is 1. The van der Waals surface area contributed by atoms with Gasteiger partial charge in [-0.2, -0.15) is 15.6 Å². The Morgan fingerprint density at radius 3 is 2.86 bits per heavy atom. The molecule has 0 aliphatic rings. The number of H-pyrrole nitrogens is 1. The zero-order chi connectivity index (χ0) is 14.8. The molecule has 21 heavy (non-hydrogen) atoms. The summed E-state index contributed by atoms with van der Waals surface area (Å²) >= 11 is 12.2. The zero-order valence-corrected chi connectivity index (χ0v) is 12.2. The van der Waals surface area contributed by atoms with Crippen molar-refractivity contribution in [3.8, 4) is 17.5 Å². The van der Waals surface area contributed by atoms with Crippen LogP contribution in [0.15, 0.2) is 36.5 Å². The van der Waals surface area contributed by atoms with Crippen molar-refractivity contribution in [2.45, 2.75) is 6.54 Å². The minimum absolute atomic E-state index is 0.257. The number of hydrogen-bond donors (Lipinski definition) is 1. The molecule has 7 heteroatoms. The van der Waals surface area contributed by atoms with Crippen LogP contribution in [0, 0.1) is 11.3 Å². The lowest BCUT2D eigenvalue weighted by Gasteiger charge is -2.10. The molecular weight excluding hydrogens is 309 g/mol. The Morgan fingerprint density at radius 2 is 2.05 bits per heavy atom. The molecule has 3 aromatic rings. The molecule has 3 rings (SSSR count). The van der Waals surface area contributed by atoms with Gasteiger partial charge in [-0.15, -0.1) is 5.10 Å². The van der Waals surface area contributed by atoms with E-state index in [2.05, 4.69) is 15.4 Å². The van der Waals surface area contributed by atoms with Crippen molar-refractivity contribution < 1.29 is 0 Å². The maximum atomic E-state index is 9.05. The maximum absolute atomic E-state index is 9.05. The molecule has 1 N–H and O–H groups in total. The van der Waals surface area contributed by atoms with Crippen LogP contribution < -0.4 is 0 Å². The zero-order valence-electron chi connectivity index (χ0n) is 10.7. The van der Waals surface area contributed by atoms with E-state index in [9.17, 15) is 0 Å². The molecule has 5 nitrogen and oxygen atoms in total. The normalized spacial score (nSPS) is 10.5. The van der Waals surface area contributed by atoms with Crippen molar-refractivity contribution in [1.82, 2.24) is 20.0 Å². The number of hydrogen-bond acceptors (Lipinski definition) is 3. The van der Waals surface area contributed by atoms with Gasteiger partial charge in [0.2, 0.25) is 0 Å². The van der Waals surface area contributed by atoms with Crippen LogP contribution in [0.5, 0.6) is 0 Å². The van der Waals surface area contributed by atoms with E-state index in [1.807, 2.05) is 41.1 Å². The number of nitrogens with zero attached hydrogens (tertiary/aromatic N) is 4. The van der Waals surface area contributed by atoms with E-state index in [0.29, 0.717) is 22.3 Å². The van der Waals surface area contributed by atoms with E-state index in [1.165, 1.54) is 0 Å². The second-order valence-corrected chi connectivity index (χ2v) is 5.15. The molecular formula is C14H9Cl2N5. The van der Waals surface area contributed by atoms with Crippen LogP contribution in [0.25, 0.3) is 11.4 Å². The van der Waals surface area contributed by atoms with Gasteiger partial charge in [-0.05, 0) is 23.8 Å². The molecule has 104 valence electrons. The lowest BCUT2D eigenvalue weighted by Crippen LogP contribution is -2.02. The molecule has 0 aliphatic heterocycles. The molecule has 0 saturated heterocycles. The predicted molar refractivity (Wildman–Crippen MR) is 80.1 cm³/mol. The second kappa shape index (κ2) is 5.60. The van der Waals surface area contributed by atoms with E-state index in [4.69, 9.17) is 28.5 Å². The third-order valence-corrected chi connectivity index (χ3v) is 3.96. The van der Waals surface area contributed by atoms with Gasteiger partial charge in [0.1, 0.15) is 11.8 Å². The van der Waals surface area contributed by atoms with Gasteiger partial charge in [0.25, 0.3) is 0 Å². The van der Waals surface area contributed by atoms with Crippen molar-refractivity contribution in [2.24, 2.45) is 0 Å². The number of rotatable bonds is 3. The van der Waals surface area contributed by atoms with Gasteiger partial charge in [-0.1, -0.05) is 35.3 Å². The molecule has 0 aliphatic carbocycles. The summed E-state index contributed by atoms with van der Waals surface area (Å²) in [6, 6.07) is 11.3. The third-order valence-electron chi connectivity index (χ3n) is 3.10. The van der Waals surface area contributed by atoms with Crippen molar-refractivity contribution in [2.75, 3.05) is 0 Å². The highest BCUT2D eigenvalue weighted by Crippen LogP contribution is 2.28. The summed E-state index contributed by atoms with van der Waals surface area (Å²) in [5, 5.41) is 20.4. The summed E-state index contributed by atoms with van der Waals surface area (Å²) in [5.41, 5.74) is 2.45. The van der Waals surface area contributed by atoms with Gasteiger partial charge in [0, 0.05) is 12.7 Å². The molecule has 0 unspecified atom stereocenters. The number of nitriles is 1. The average molecular weight is 318 g/mol. The average Bonchev–Trinajstić information content (AvgIpc) is 3.11. The van der Waals surface area contributed by atoms with E-state index in [1.54, 1.807) is 6.07 Å². The first-order chi connectivity index (χ1) is 10.2. The number of aromatic nitrogens is 4. The van der Waals surface area contributed by atoms with Gasteiger partial charge in [0.15, 0.2) is 5.69 Å². The van der Waals surface area contributed by atoms with Crippen LogP contribution in [-0.4, -0.2) is 20.0 Å². The van der Waals surface area contributed by atoms with Crippen LogP contribution in [0.3, 0.4) is 0 Å². The molecule has 0 radical (unpaired) electrons. The Morgan fingerprint density at radius 1 is 1.19 bits per heavy atom. The van der Waals surface area contributed by atoms with Crippen LogP contribution in [0.2, 0.25) is 10.0 Å². The number of aromatic amines is 1. The summed E-state index contributed by atoms with van der Waals surface area (Å²) in [7, 11) is 0. The molecule has 2 heterocycles. The van der Waals surface area contributed by atoms with E-state index >= 15 is 0 Å². The van der Waals surface area contributed by atoms with Gasteiger partial charge >= 0.3 is 0 Å². The minimum Gasteiger partial charge on any atom is -0.342 e. The quantitative estimate of drug-likeness (QED) is 0.803. The maximum Gasteiger partial charge on any atom is 0.191 e. The number of halogens is 2. The fourth-order valence-corrected chi connectivity index (χ4v) is 2.49. The number of nitrogens with one attached hydrogen (secondary N) is 1. The fraction of sp³-hybridized carbons (Fsp3) is 0.0714. The van der Waals surface area contributed by atoms with Gasteiger partial charge in [-0.25, -0.2) is 0 Å². The highest BCUT2D eigenvalue weighted by atomic mass is 35.5.